The second kappa shape index (κ2) is 11.5. The Morgan fingerprint density at radius 3 is 2.45 bits per heavy atom. The maximum absolute atomic E-state index is 13.5. The standard InChI is InChI=1S/C25H30FN3O4/c1-5-28(6-2)25-22(23(27-33-25)18-10-12-20(26)13-11-18)17-29(14-15-31-3)24(30)19-8-7-9-21(16-19)32-4/h7-13,16H,5-6,14-15,17H2,1-4H3. The van der Waals surface area contributed by atoms with Crippen LogP contribution in [0.4, 0.5) is 10.3 Å². The van der Waals surface area contributed by atoms with Crippen LogP contribution < -0.4 is 9.64 Å². The van der Waals surface area contributed by atoms with E-state index in [4.69, 9.17) is 14.0 Å². The maximum Gasteiger partial charge on any atom is 0.254 e. The van der Waals surface area contributed by atoms with Crippen LogP contribution in [0.1, 0.15) is 29.8 Å². The van der Waals surface area contributed by atoms with Gasteiger partial charge in [-0.1, -0.05) is 11.2 Å². The van der Waals surface area contributed by atoms with Gasteiger partial charge in [-0.15, -0.1) is 0 Å². The van der Waals surface area contributed by atoms with E-state index >= 15 is 0 Å². The Kier molecular flexibility index (Phi) is 8.43. The van der Waals surface area contributed by atoms with Crippen molar-refractivity contribution in [2.75, 3.05) is 45.4 Å². The number of ether oxygens (including phenoxy) is 2. The van der Waals surface area contributed by atoms with Crippen molar-refractivity contribution in [2.24, 2.45) is 0 Å². The molecule has 0 saturated carbocycles. The Balaban J connectivity index is 2.03. The number of rotatable bonds is 11. The summed E-state index contributed by atoms with van der Waals surface area (Å²) < 4.78 is 29.8. The van der Waals surface area contributed by atoms with Gasteiger partial charge in [-0.2, -0.15) is 0 Å². The van der Waals surface area contributed by atoms with E-state index < -0.39 is 0 Å². The van der Waals surface area contributed by atoms with E-state index in [9.17, 15) is 9.18 Å². The second-order valence-corrected chi connectivity index (χ2v) is 7.45. The number of anilines is 1. The van der Waals surface area contributed by atoms with Gasteiger partial charge >= 0.3 is 0 Å². The maximum atomic E-state index is 13.5. The first-order valence-electron chi connectivity index (χ1n) is 10.9. The van der Waals surface area contributed by atoms with Crippen molar-refractivity contribution in [3.8, 4) is 17.0 Å². The lowest BCUT2D eigenvalue weighted by molar-refractivity contribution is 0.0680. The summed E-state index contributed by atoms with van der Waals surface area (Å²) in [7, 11) is 3.16. The zero-order valence-electron chi connectivity index (χ0n) is 19.5. The van der Waals surface area contributed by atoms with Crippen molar-refractivity contribution in [1.82, 2.24) is 10.1 Å². The molecule has 0 fully saturated rings. The summed E-state index contributed by atoms with van der Waals surface area (Å²) >= 11 is 0. The normalized spacial score (nSPS) is 10.8. The largest absolute Gasteiger partial charge is 0.497 e. The average molecular weight is 456 g/mol. The molecule has 3 rings (SSSR count). The minimum absolute atomic E-state index is 0.164. The average Bonchev–Trinajstić information content (AvgIpc) is 3.25. The number of nitrogens with zero attached hydrogens (tertiary/aromatic N) is 3. The Hall–Kier alpha value is -3.39. The van der Waals surface area contributed by atoms with Crippen molar-refractivity contribution >= 4 is 11.8 Å². The molecule has 2 aromatic carbocycles. The zero-order chi connectivity index (χ0) is 23.8. The molecule has 0 saturated heterocycles. The van der Waals surface area contributed by atoms with E-state index in [-0.39, 0.29) is 18.3 Å². The third-order valence-corrected chi connectivity index (χ3v) is 5.45. The van der Waals surface area contributed by atoms with Gasteiger partial charge in [-0.05, 0) is 56.3 Å². The molecule has 0 aliphatic carbocycles. The lowest BCUT2D eigenvalue weighted by atomic mass is 10.1. The highest BCUT2D eigenvalue weighted by atomic mass is 19.1. The summed E-state index contributed by atoms with van der Waals surface area (Å²) in [5, 5.41) is 4.30. The van der Waals surface area contributed by atoms with Gasteiger partial charge in [0.2, 0.25) is 5.88 Å². The van der Waals surface area contributed by atoms with Crippen LogP contribution >= 0.6 is 0 Å². The molecule has 3 aromatic rings. The number of carbonyl (C=O) groups is 1. The van der Waals surface area contributed by atoms with Gasteiger partial charge in [0.25, 0.3) is 5.91 Å². The van der Waals surface area contributed by atoms with Crippen molar-refractivity contribution in [2.45, 2.75) is 20.4 Å². The van der Waals surface area contributed by atoms with Gasteiger partial charge in [0, 0.05) is 37.9 Å². The van der Waals surface area contributed by atoms with Crippen LogP contribution in [0.5, 0.6) is 5.75 Å². The van der Waals surface area contributed by atoms with Crippen LogP contribution in [0, 0.1) is 5.82 Å². The van der Waals surface area contributed by atoms with Crippen LogP contribution in [-0.2, 0) is 11.3 Å². The van der Waals surface area contributed by atoms with Crippen molar-refractivity contribution < 1.29 is 23.2 Å². The Bertz CT molecular complexity index is 1050. The molecule has 1 heterocycles. The number of amides is 1. The number of carbonyl (C=O) groups excluding carboxylic acids is 1. The quantitative estimate of drug-likeness (QED) is 0.420. The molecule has 0 radical (unpaired) electrons. The molecule has 0 unspecified atom stereocenters. The van der Waals surface area contributed by atoms with Crippen LogP contribution in [0.15, 0.2) is 53.1 Å². The molecular weight excluding hydrogens is 425 g/mol. The molecule has 1 aromatic heterocycles. The Morgan fingerprint density at radius 1 is 1.09 bits per heavy atom. The minimum atomic E-state index is -0.331. The molecule has 0 aliphatic rings. The van der Waals surface area contributed by atoms with E-state index in [2.05, 4.69) is 5.16 Å². The molecule has 8 heteroatoms. The fourth-order valence-electron chi connectivity index (χ4n) is 3.62. The van der Waals surface area contributed by atoms with Crippen molar-refractivity contribution in [1.29, 1.82) is 0 Å². The highest BCUT2D eigenvalue weighted by Gasteiger charge is 2.26. The number of hydrogen-bond donors (Lipinski definition) is 0. The number of aromatic nitrogens is 1. The number of hydrogen-bond acceptors (Lipinski definition) is 6. The van der Waals surface area contributed by atoms with Crippen molar-refractivity contribution in [3.63, 3.8) is 0 Å². The van der Waals surface area contributed by atoms with E-state index in [1.165, 1.54) is 12.1 Å². The van der Waals surface area contributed by atoms with Crippen LogP contribution in [0.2, 0.25) is 0 Å². The first-order valence-corrected chi connectivity index (χ1v) is 10.9. The summed E-state index contributed by atoms with van der Waals surface area (Å²) in [6.45, 7) is 6.47. The fraction of sp³-hybridized carbons (Fsp3) is 0.360. The molecule has 0 spiro atoms. The summed E-state index contributed by atoms with van der Waals surface area (Å²) in [6.07, 6.45) is 0. The number of benzene rings is 2. The minimum Gasteiger partial charge on any atom is -0.497 e. The highest BCUT2D eigenvalue weighted by molar-refractivity contribution is 5.94. The lowest BCUT2D eigenvalue weighted by Crippen LogP contribution is -2.34. The SMILES string of the molecule is CCN(CC)c1onc(-c2ccc(F)cc2)c1CN(CCOC)C(=O)c1cccc(OC)c1. The van der Waals surface area contributed by atoms with Gasteiger partial charge in [0.15, 0.2) is 0 Å². The molecular formula is C25H30FN3O4. The predicted molar refractivity (Wildman–Crippen MR) is 125 cm³/mol. The third kappa shape index (κ3) is 5.70. The first kappa shape index (κ1) is 24.3. The molecule has 7 nitrogen and oxygen atoms in total. The van der Waals surface area contributed by atoms with E-state index in [0.717, 1.165) is 5.56 Å². The Morgan fingerprint density at radius 2 is 1.82 bits per heavy atom. The number of methoxy groups -OCH3 is 2. The van der Waals surface area contributed by atoms with E-state index in [1.54, 1.807) is 55.5 Å². The van der Waals surface area contributed by atoms with Gasteiger partial charge in [0.1, 0.15) is 17.3 Å². The molecule has 0 bridgehead atoms. The lowest BCUT2D eigenvalue weighted by Gasteiger charge is -2.25. The highest BCUT2D eigenvalue weighted by Crippen LogP contribution is 2.33. The summed E-state index contributed by atoms with van der Waals surface area (Å²) in [4.78, 5) is 17.2. The van der Waals surface area contributed by atoms with Gasteiger partial charge in [0.05, 0.1) is 25.8 Å². The molecule has 33 heavy (non-hydrogen) atoms. The smallest absolute Gasteiger partial charge is 0.254 e. The van der Waals surface area contributed by atoms with Gasteiger partial charge in [-0.25, -0.2) is 4.39 Å². The molecule has 176 valence electrons. The van der Waals surface area contributed by atoms with Crippen LogP contribution in [0.25, 0.3) is 11.3 Å². The van der Waals surface area contributed by atoms with Gasteiger partial charge < -0.3 is 23.8 Å². The topological polar surface area (TPSA) is 68.0 Å². The predicted octanol–water partition coefficient (Wildman–Crippen LogP) is 4.62. The second-order valence-electron chi connectivity index (χ2n) is 7.45. The Labute approximate surface area is 193 Å². The number of halogens is 1. The first-order chi connectivity index (χ1) is 16.0. The van der Waals surface area contributed by atoms with Crippen LogP contribution in [-0.4, -0.2) is 56.4 Å². The molecule has 0 aliphatic heterocycles. The summed E-state index contributed by atoms with van der Waals surface area (Å²) in [5.74, 6) is 0.707. The van der Waals surface area contributed by atoms with Gasteiger partial charge in [-0.3, -0.25) is 4.79 Å². The van der Waals surface area contributed by atoms with Crippen molar-refractivity contribution in [3.05, 3.63) is 65.5 Å². The molecule has 1 amide bonds. The van der Waals surface area contributed by atoms with E-state index in [0.29, 0.717) is 54.7 Å². The molecule has 0 N–H and O–H groups in total. The zero-order valence-corrected chi connectivity index (χ0v) is 19.5. The molecule has 0 atom stereocenters. The van der Waals surface area contributed by atoms with Crippen LogP contribution in [0.3, 0.4) is 0 Å². The summed E-state index contributed by atoms with van der Waals surface area (Å²) in [6, 6.07) is 13.1. The van der Waals surface area contributed by atoms with E-state index in [1.807, 2.05) is 18.7 Å². The summed E-state index contributed by atoms with van der Waals surface area (Å²) in [5.41, 5.74) is 2.57. The third-order valence-electron chi connectivity index (χ3n) is 5.45. The monoisotopic (exact) mass is 455 g/mol. The fourth-order valence-corrected chi connectivity index (χ4v) is 3.62.